The van der Waals surface area contributed by atoms with Gasteiger partial charge in [0.2, 0.25) is 5.82 Å². The second-order valence-corrected chi connectivity index (χ2v) is 7.59. The molecule has 0 unspecified atom stereocenters. The zero-order valence-electron chi connectivity index (χ0n) is 17.3. The number of hydrogen-bond donors (Lipinski definition) is 0. The van der Waals surface area contributed by atoms with Crippen molar-refractivity contribution in [2.45, 2.75) is 32.4 Å². The molecule has 0 radical (unpaired) electrons. The van der Waals surface area contributed by atoms with Gasteiger partial charge in [0.1, 0.15) is 5.75 Å². The van der Waals surface area contributed by atoms with Crippen LogP contribution in [0.2, 0.25) is 0 Å². The lowest BCUT2D eigenvalue weighted by Crippen LogP contribution is -2.41. The van der Waals surface area contributed by atoms with Crippen LogP contribution in [0.1, 0.15) is 30.0 Å². The number of Topliss-reactive ketones (excluding diaryl/α,β-unsaturated/α-hetero) is 1. The van der Waals surface area contributed by atoms with Gasteiger partial charge in [-0.15, -0.1) is 13.2 Å². The summed E-state index contributed by atoms with van der Waals surface area (Å²) in [5, 5.41) is 0. The zero-order chi connectivity index (χ0) is 24.6. The van der Waals surface area contributed by atoms with E-state index in [2.05, 4.69) is 14.7 Å². The predicted octanol–water partition coefficient (Wildman–Crippen LogP) is 4.54. The molecule has 33 heavy (non-hydrogen) atoms. The van der Waals surface area contributed by atoms with Gasteiger partial charge in [0.05, 0.1) is 30.7 Å². The summed E-state index contributed by atoms with van der Waals surface area (Å²) in [4.78, 5) is 34.6. The van der Waals surface area contributed by atoms with E-state index in [1.165, 1.54) is 17.0 Å². The van der Waals surface area contributed by atoms with Crippen LogP contribution >= 0.6 is 0 Å². The van der Waals surface area contributed by atoms with Gasteiger partial charge in [0.15, 0.2) is 5.78 Å². The molecule has 2 amide bonds. The number of ketones is 1. The van der Waals surface area contributed by atoms with Crippen molar-refractivity contribution in [2.24, 2.45) is 5.92 Å². The molecule has 7 nitrogen and oxygen atoms in total. The Morgan fingerprint density at radius 1 is 1.15 bits per heavy atom. The summed E-state index contributed by atoms with van der Waals surface area (Å²) in [6.45, 7) is 3.20. The molecule has 1 aromatic carbocycles. The maximum absolute atomic E-state index is 13.0. The van der Waals surface area contributed by atoms with E-state index in [1.807, 2.05) is 0 Å². The highest BCUT2D eigenvalue weighted by Gasteiger charge is 2.41. The fourth-order valence-electron chi connectivity index (χ4n) is 3.35. The zero-order valence-corrected chi connectivity index (χ0v) is 17.3. The number of carbonyl (C=O) groups excluding carboxylic acids is 2. The van der Waals surface area contributed by atoms with Crippen molar-refractivity contribution in [3.63, 3.8) is 0 Å². The average molecular weight is 476 g/mol. The number of nitrogens with zero attached hydrogens (tertiary/aromatic N) is 4. The van der Waals surface area contributed by atoms with Gasteiger partial charge in [-0.25, -0.2) is 14.8 Å². The van der Waals surface area contributed by atoms with E-state index in [0.717, 1.165) is 29.4 Å². The summed E-state index contributed by atoms with van der Waals surface area (Å²) < 4.78 is 79.3. The smallest absolute Gasteiger partial charge is 0.406 e. The number of ether oxygens (including phenoxy) is 1. The number of alkyl halides is 6. The van der Waals surface area contributed by atoms with E-state index in [4.69, 9.17) is 0 Å². The number of benzene rings is 1. The first kappa shape index (κ1) is 24.3. The molecule has 178 valence electrons. The summed E-state index contributed by atoms with van der Waals surface area (Å²) >= 11 is 0. The monoisotopic (exact) mass is 476 g/mol. The second-order valence-electron chi connectivity index (χ2n) is 7.59. The molecule has 1 aromatic heterocycles. The lowest BCUT2D eigenvalue weighted by Gasteiger charge is -2.25. The third kappa shape index (κ3) is 5.71. The molecule has 0 saturated carbocycles. The molecule has 1 fully saturated rings. The normalized spacial score (nSPS) is 17.1. The Morgan fingerprint density at radius 2 is 1.79 bits per heavy atom. The van der Waals surface area contributed by atoms with Crippen molar-refractivity contribution in [3.05, 3.63) is 48.0 Å². The van der Waals surface area contributed by atoms with Crippen molar-refractivity contribution in [1.82, 2.24) is 14.9 Å². The molecule has 0 aliphatic carbocycles. The third-order valence-electron chi connectivity index (χ3n) is 4.92. The molecule has 2 heterocycles. The fraction of sp³-hybridized carbons (Fsp3) is 0.400. The first-order valence-electron chi connectivity index (χ1n) is 9.62. The number of urea groups is 1. The molecule has 1 aliphatic heterocycles. The first-order valence-corrected chi connectivity index (χ1v) is 9.62. The number of amides is 2. The maximum atomic E-state index is 13.0. The minimum Gasteiger partial charge on any atom is -0.406 e. The Labute approximate surface area is 184 Å². The molecule has 0 spiro atoms. The van der Waals surface area contributed by atoms with Crippen LogP contribution in [0.15, 0.2) is 36.7 Å². The van der Waals surface area contributed by atoms with Crippen LogP contribution in [0.4, 0.5) is 36.8 Å². The van der Waals surface area contributed by atoms with Crippen LogP contribution in [0.5, 0.6) is 5.75 Å². The summed E-state index contributed by atoms with van der Waals surface area (Å²) in [5.74, 6) is -2.70. The number of halogens is 6. The molecule has 1 aliphatic rings. The molecule has 2 aromatic rings. The van der Waals surface area contributed by atoms with Crippen LogP contribution in [0.3, 0.4) is 0 Å². The van der Waals surface area contributed by atoms with Gasteiger partial charge in [0, 0.05) is 12.1 Å². The van der Waals surface area contributed by atoms with Crippen molar-refractivity contribution in [3.8, 4) is 5.75 Å². The second kappa shape index (κ2) is 8.87. The summed E-state index contributed by atoms with van der Waals surface area (Å²) in [6.07, 6.45) is -7.93. The van der Waals surface area contributed by atoms with E-state index in [9.17, 15) is 35.9 Å². The van der Waals surface area contributed by atoms with E-state index in [-0.39, 0.29) is 23.7 Å². The van der Waals surface area contributed by atoms with Crippen LogP contribution in [-0.2, 0) is 6.18 Å². The molecule has 1 saturated heterocycles. The Bertz CT molecular complexity index is 1020. The number of aromatic nitrogens is 2. The van der Waals surface area contributed by atoms with Gasteiger partial charge >= 0.3 is 18.6 Å². The van der Waals surface area contributed by atoms with Gasteiger partial charge in [-0.1, -0.05) is 26.0 Å². The van der Waals surface area contributed by atoms with Gasteiger partial charge < -0.3 is 9.64 Å². The average Bonchev–Trinajstić information content (AvgIpc) is 3.03. The van der Waals surface area contributed by atoms with Crippen LogP contribution < -0.4 is 9.64 Å². The number of rotatable bonds is 6. The predicted molar refractivity (Wildman–Crippen MR) is 103 cm³/mol. The minimum absolute atomic E-state index is 0.0224. The Hall–Kier alpha value is -3.38. The quantitative estimate of drug-likeness (QED) is 0.452. The largest absolute Gasteiger partial charge is 0.573 e. The van der Waals surface area contributed by atoms with E-state index < -0.39 is 48.5 Å². The van der Waals surface area contributed by atoms with Crippen molar-refractivity contribution < 1.29 is 40.7 Å². The van der Waals surface area contributed by atoms with Crippen molar-refractivity contribution >= 4 is 17.5 Å². The lowest BCUT2D eigenvalue weighted by molar-refractivity contribution is -0.274. The van der Waals surface area contributed by atoms with Gasteiger partial charge in [-0.3, -0.25) is 9.69 Å². The number of carbonyl (C=O) groups is 2. The first-order chi connectivity index (χ1) is 15.3. The van der Waals surface area contributed by atoms with Gasteiger partial charge in [0.25, 0.3) is 0 Å². The highest BCUT2D eigenvalue weighted by molar-refractivity contribution is 6.02. The Balaban J connectivity index is 1.80. The van der Waals surface area contributed by atoms with Crippen LogP contribution in [0.25, 0.3) is 0 Å². The van der Waals surface area contributed by atoms with Crippen LogP contribution in [0, 0.1) is 5.92 Å². The topological polar surface area (TPSA) is 75.6 Å². The molecular weight excluding hydrogens is 458 g/mol. The minimum atomic E-state index is -4.93. The highest BCUT2D eigenvalue weighted by Crippen LogP contribution is 2.30. The van der Waals surface area contributed by atoms with Gasteiger partial charge in [-0.05, 0) is 18.1 Å². The SMILES string of the molecule is CC(C)[C@H]1CN(c2cnc(C(F)(F)F)nc2)C(=O)N1CC(=O)c1cccc(OC(F)(F)F)c1. The number of anilines is 1. The fourth-order valence-corrected chi connectivity index (χ4v) is 3.35. The molecule has 0 bridgehead atoms. The number of hydrogen-bond acceptors (Lipinski definition) is 5. The van der Waals surface area contributed by atoms with E-state index >= 15 is 0 Å². The maximum Gasteiger partial charge on any atom is 0.573 e. The van der Waals surface area contributed by atoms with E-state index in [0.29, 0.717) is 0 Å². The summed E-state index contributed by atoms with van der Waals surface area (Å²) in [6, 6.07) is 3.31. The molecule has 1 atom stereocenters. The summed E-state index contributed by atoms with van der Waals surface area (Å²) in [5.41, 5.74) is -0.0717. The standard InChI is InChI=1S/C20H18F6N4O3/c1-11(2)15-9-29(13-7-27-17(28-8-13)19(21,22)23)18(32)30(15)10-16(31)12-4-3-5-14(6-12)33-20(24,25)26/h3-8,11,15H,9-10H2,1-2H3/t15-/m1/s1. The van der Waals surface area contributed by atoms with Crippen molar-refractivity contribution in [1.29, 1.82) is 0 Å². The lowest BCUT2D eigenvalue weighted by atomic mass is 10.0. The van der Waals surface area contributed by atoms with Gasteiger partial charge in [-0.2, -0.15) is 13.2 Å². The molecule has 13 heteroatoms. The molecule has 0 N–H and O–H groups in total. The third-order valence-corrected chi connectivity index (χ3v) is 4.92. The summed E-state index contributed by atoms with van der Waals surface area (Å²) in [7, 11) is 0. The Morgan fingerprint density at radius 3 is 2.33 bits per heavy atom. The van der Waals surface area contributed by atoms with Crippen LogP contribution in [-0.4, -0.2) is 52.2 Å². The Kier molecular flexibility index (Phi) is 6.52. The molecular formula is C20H18F6N4O3. The van der Waals surface area contributed by atoms with Crippen molar-refractivity contribution in [2.75, 3.05) is 18.0 Å². The highest BCUT2D eigenvalue weighted by atomic mass is 19.4. The molecule has 3 rings (SSSR count). The van der Waals surface area contributed by atoms with E-state index in [1.54, 1.807) is 13.8 Å².